The predicted molar refractivity (Wildman–Crippen MR) is 103 cm³/mol. The minimum Gasteiger partial charge on any atom is -0.482 e. The van der Waals surface area contributed by atoms with Gasteiger partial charge in [-0.25, -0.2) is 4.79 Å². The van der Waals surface area contributed by atoms with Crippen molar-refractivity contribution in [1.29, 1.82) is 0 Å². The predicted octanol–water partition coefficient (Wildman–Crippen LogP) is 4.15. The Morgan fingerprint density at radius 3 is 2.37 bits per heavy atom. The molecule has 0 saturated carbocycles. The molecule has 2 rings (SSSR count). The molecule has 0 fully saturated rings. The van der Waals surface area contributed by atoms with Crippen LogP contribution in [0.3, 0.4) is 0 Å². The van der Waals surface area contributed by atoms with Crippen LogP contribution in [-0.4, -0.2) is 30.4 Å². The third-order valence-electron chi connectivity index (χ3n) is 3.48. The van der Waals surface area contributed by atoms with Crippen molar-refractivity contribution in [2.75, 3.05) is 11.9 Å². The second-order valence-corrected chi connectivity index (χ2v) is 6.46. The molecule has 0 bridgehead atoms. The number of Topliss-reactive ketones (excluding diaryl/α,β-unsaturated/α-hetero) is 1. The zero-order valence-electron chi connectivity index (χ0n) is 14.6. The van der Waals surface area contributed by atoms with E-state index in [1.807, 2.05) is 0 Å². The quantitative estimate of drug-likeness (QED) is 0.548. The average molecular weight is 410 g/mol. The van der Waals surface area contributed by atoms with Crippen molar-refractivity contribution in [3.63, 3.8) is 0 Å². The molecule has 0 spiro atoms. The number of esters is 1. The van der Waals surface area contributed by atoms with Gasteiger partial charge in [0, 0.05) is 10.6 Å². The summed E-state index contributed by atoms with van der Waals surface area (Å²) in [6.07, 6.45) is -1.06. The zero-order chi connectivity index (χ0) is 20.0. The lowest BCUT2D eigenvalue weighted by atomic mass is 10.1. The average Bonchev–Trinajstić information content (AvgIpc) is 2.63. The van der Waals surface area contributed by atoms with Crippen LogP contribution in [0, 0.1) is 0 Å². The third kappa shape index (κ3) is 6.27. The Labute approximate surface area is 166 Å². The molecular weight excluding hydrogens is 393 g/mol. The molecule has 0 aliphatic rings. The number of nitrogens with one attached hydrogen (secondary N) is 1. The van der Waals surface area contributed by atoms with Gasteiger partial charge >= 0.3 is 5.97 Å². The summed E-state index contributed by atoms with van der Waals surface area (Å²) < 4.78 is 10.3. The SMILES string of the molecule is CC(=O)c1ccc(OCC(=O)O[C@H](C)C(=O)Nc2cc(Cl)ccc2Cl)cc1. The second-order valence-electron chi connectivity index (χ2n) is 5.61. The molecule has 1 amide bonds. The number of amides is 1. The molecule has 0 aliphatic carbocycles. The van der Waals surface area contributed by atoms with Crippen LogP contribution in [0.4, 0.5) is 5.69 Å². The number of benzene rings is 2. The van der Waals surface area contributed by atoms with Crippen molar-refractivity contribution < 1.29 is 23.9 Å². The van der Waals surface area contributed by atoms with Crippen LogP contribution in [0.25, 0.3) is 0 Å². The monoisotopic (exact) mass is 409 g/mol. The van der Waals surface area contributed by atoms with Gasteiger partial charge in [-0.2, -0.15) is 0 Å². The molecule has 0 saturated heterocycles. The number of rotatable bonds is 7. The first-order valence-corrected chi connectivity index (χ1v) is 8.71. The van der Waals surface area contributed by atoms with Crippen molar-refractivity contribution in [2.24, 2.45) is 0 Å². The fourth-order valence-corrected chi connectivity index (χ4v) is 2.38. The van der Waals surface area contributed by atoms with Crippen molar-refractivity contribution in [3.8, 4) is 5.75 Å². The highest BCUT2D eigenvalue weighted by Gasteiger charge is 2.19. The van der Waals surface area contributed by atoms with Gasteiger partial charge in [-0.05, 0) is 56.3 Å². The minimum absolute atomic E-state index is 0.0689. The molecule has 1 atom stereocenters. The van der Waals surface area contributed by atoms with Crippen molar-refractivity contribution in [3.05, 3.63) is 58.1 Å². The summed E-state index contributed by atoms with van der Waals surface area (Å²) in [6, 6.07) is 10.9. The molecule has 2 aromatic carbocycles. The molecular formula is C19H17Cl2NO5. The van der Waals surface area contributed by atoms with Crippen LogP contribution in [0.1, 0.15) is 24.2 Å². The van der Waals surface area contributed by atoms with Gasteiger partial charge in [0.25, 0.3) is 5.91 Å². The standard InChI is InChI=1S/C19H17Cl2NO5/c1-11(23)13-3-6-15(7-4-13)26-10-18(24)27-12(2)19(25)22-17-9-14(20)5-8-16(17)21/h3-9,12H,10H2,1-2H3,(H,22,25)/t12-/m1/s1. The number of carbonyl (C=O) groups is 3. The van der Waals surface area contributed by atoms with Crippen LogP contribution in [0.15, 0.2) is 42.5 Å². The summed E-state index contributed by atoms with van der Waals surface area (Å²) >= 11 is 11.8. The summed E-state index contributed by atoms with van der Waals surface area (Å²) in [7, 11) is 0. The van der Waals surface area contributed by atoms with E-state index in [2.05, 4.69) is 5.32 Å². The Morgan fingerprint density at radius 1 is 1.07 bits per heavy atom. The Balaban J connectivity index is 1.84. The second kappa shape index (κ2) is 9.39. The van der Waals surface area contributed by atoms with Gasteiger partial charge in [0.1, 0.15) is 5.75 Å². The van der Waals surface area contributed by atoms with Gasteiger partial charge in [0.2, 0.25) is 0 Å². The molecule has 8 heteroatoms. The summed E-state index contributed by atoms with van der Waals surface area (Å²) in [5.41, 5.74) is 0.855. The van der Waals surface area contributed by atoms with Crippen molar-refractivity contribution >= 4 is 46.5 Å². The lowest BCUT2D eigenvalue weighted by Crippen LogP contribution is -2.31. The summed E-state index contributed by atoms with van der Waals surface area (Å²) in [5, 5.41) is 3.26. The molecule has 0 unspecified atom stereocenters. The number of ketones is 1. The van der Waals surface area contributed by atoms with Crippen LogP contribution in [-0.2, 0) is 14.3 Å². The first-order valence-electron chi connectivity index (χ1n) is 7.95. The first kappa shape index (κ1) is 20.7. The molecule has 0 aromatic heterocycles. The molecule has 27 heavy (non-hydrogen) atoms. The Kier molecular flexibility index (Phi) is 7.21. The topological polar surface area (TPSA) is 81.7 Å². The Bertz CT molecular complexity index is 852. The van der Waals surface area contributed by atoms with Gasteiger partial charge in [-0.15, -0.1) is 0 Å². The fourth-order valence-electron chi connectivity index (χ4n) is 2.04. The van der Waals surface area contributed by atoms with Gasteiger partial charge < -0.3 is 14.8 Å². The maximum absolute atomic E-state index is 12.1. The lowest BCUT2D eigenvalue weighted by Gasteiger charge is -2.14. The number of hydrogen-bond donors (Lipinski definition) is 1. The Hall–Kier alpha value is -2.57. The van der Waals surface area contributed by atoms with Crippen LogP contribution in [0.5, 0.6) is 5.75 Å². The molecule has 6 nitrogen and oxygen atoms in total. The summed E-state index contributed by atoms with van der Waals surface area (Å²) in [6.45, 7) is 2.50. The first-order chi connectivity index (χ1) is 12.8. The third-order valence-corrected chi connectivity index (χ3v) is 4.05. The Morgan fingerprint density at radius 2 is 1.74 bits per heavy atom. The van der Waals surface area contributed by atoms with E-state index in [1.54, 1.807) is 36.4 Å². The zero-order valence-corrected chi connectivity index (χ0v) is 16.1. The van der Waals surface area contributed by atoms with E-state index in [4.69, 9.17) is 32.7 Å². The van der Waals surface area contributed by atoms with Crippen LogP contribution < -0.4 is 10.1 Å². The minimum atomic E-state index is -1.06. The highest BCUT2D eigenvalue weighted by atomic mass is 35.5. The molecule has 2 aromatic rings. The van der Waals surface area contributed by atoms with E-state index in [9.17, 15) is 14.4 Å². The molecule has 1 N–H and O–H groups in total. The van der Waals surface area contributed by atoms with E-state index in [-0.39, 0.29) is 12.4 Å². The lowest BCUT2D eigenvalue weighted by molar-refractivity contribution is -0.155. The maximum Gasteiger partial charge on any atom is 0.344 e. The highest BCUT2D eigenvalue weighted by molar-refractivity contribution is 6.35. The van der Waals surface area contributed by atoms with Gasteiger partial charge in [0.05, 0.1) is 10.7 Å². The summed E-state index contributed by atoms with van der Waals surface area (Å²) in [4.78, 5) is 35.2. The normalized spacial score (nSPS) is 11.4. The van der Waals surface area contributed by atoms with E-state index < -0.39 is 18.0 Å². The number of halogens is 2. The van der Waals surface area contributed by atoms with E-state index in [1.165, 1.54) is 19.9 Å². The van der Waals surface area contributed by atoms with Crippen LogP contribution >= 0.6 is 23.2 Å². The van der Waals surface area contributed by atoms with Crippen LogP contribution in [0.2, 0.25) is 10.0 Å². The number of anilines is 1. The molecule has 0 heterocycles. The van der Waals surface area contributed by atoms with E-state index in [0.717, 1.165) is 0 Å². The van der Waals surface area contributed by atoms with Gasteiger partial charge in [-0.1, -0.05) is 23.2 Å². The van der Waals surface area contributed by atoms with E-state index >= 15 is 0 Å². The van der Waals surface area contributed by atoms with E-state index in [0.29, 0.717) is 27.0 Å². The van der Waals surface area contributed by atoms with Crippen molar-refractivity contribution in [1.82, 2.24) is 0 Å². The number of carbonyl (C=O) groups excluding carboxylic acids is 3. The maximum atomic E-state index is 12.1. The summed E-state index contributed by atoms with van der Waals surface area (Å²) in [5.74, 6) is -0.941. The highest BCUT2D eigenvalue weighted by Crippen LogP contribution is 2.25. The molecule has 0 radical (unpaired) electrons. The number of hydrogen-bond acceptors (Lipinski definition) is 5. The fraction of sp³-hybridized carbons (Fsp3) is 0.211. The smallest absolute Gasteiger partial charge is 0.344 e. The molecule has 0 aliphatic heterocycles. The molecule has 142 valence electrons. The number of ether oxygens (including phenoxy) is 2. The largest absolute Gasteiger partial charge is 0.482 e. The van der Waals surface area contributed by atoms with Gasteiger partial charge in [0.15, 0.2) is 18.5 Å². The van der Waals surface area contributed by atoms with Gasteiger partial charge in [-0.3, -0.25) is 9.59 Å². The van der Waals surface area contributed by atoms with Crippen molar-refractivity contribution in [2.45, 2.75) is 20.0 Å².